The highest BCUT2D eigenvalue weighted by atomic mass is 28.3. The molecule has 0 heterocycles. The first-order valence-electron chi connectivity index (χ1n) is 4.26. The largest absolute Gasteiger partial charge is 0.399 e. The molecule has 0 unspecified atom stereocenters. The van der Waals surface area contributed by atoms with E-state index in [9.17, 15) is 0 Å². The molecule has 2 nitrogen and oxygen atoms in total. The fraction of sp³-hybridized carbons (Fsp3) is 0.556. The molecular formula is C9H18O2Si. The van der Waals surface area contributed by atoms with Crippen molar-refractivity contribution in [2.24, 2.45) is 0 Å². The lowest BCUT2D eigenvalue weighted by Gasteiger charge is -2.13. The Balaban J connectivity index is 3.47. The second-order valence-corrected chi connectivity index (χ2v) is 3.43. The molecule has 0 aromatic rings. The Morgan fingerprint density at radius 2 is 1.92 bits per heavy atom. The Morgan fingerprint density at radius 1 is 1.33 bits per heavy atom. The lowest BCUT2D eigenvalue weighted by atomic mass is 10.2. The number of hydrogen-bond donors (Lipinski definition) is 0. The van der Waals surface area contributed by atoms with E-state index in [0.717, 1.165) is 19.4 Å². The second-order valence-electron chi connectivity index (χ2n) is 2.45. The van der Waals surface area contributed by atoms with Crippen LogP contribution in [-0.4, -0.2) is 22.7 Å². The fourth-order valence-electron chi connectivity index (χ4n) is 0.832. The van der Waals surface area contributed by atoms with E-state index in [4.69, 9.17) is 8.85 Å². The van der Waals surface area contributed by atoms with Crippen LogP contribution < -0.4 is 0 Å². The quantitative estimate of drug-likeness (QED) is 0.325. The summed E-state index contributed by atoms with van der Waals surface area (Å²) in [6, 6.07) is 0. The summed E-state index contributed by atoms with van der Waals surface area (Å²) in [6.07, 6.45) is 5.74. The Morgan fingerprint density at radius 3 is 2.33 bits per heavy atom. The maximum atomic E-state index is 5.54. The normalized spacial score (nSPS) is 11.2. The maximum Gasteiger partial charge on any atom is 0.304 e. The van der Waals surface area contributed by atoms with Crippen LogP contribution in [0.15, 0.2) is 25.3 Å². The van der Waals surface area contributed by atoms with Crippen LogP contribution in [0.2, 0.25) is 0 Å². The molecule has 0 aliphatic heterocycles. The van der Waals surface area contributed by atoms with Crippen molar-refractivity contribution in [2.45, 2.75) is 25.9 Å². The van der Waals surface area contributed by atoms with Crippen molar-refractivity contribution in [3.63, 3.8) is 0 Å². The molecule has 0 aromatic carbocycles. The van der Waals surface area contributed by atoms with Crippen molar-refractivity contribution in [1.29, 1.82) is 0 Å². The van der Waals surface area contributed by atoms with Gasteiger partial charge < -0.3 is 8.85 Å². The molecule has 0 N–H and O–H groups in total. The van der Waals surface area contributed by atoms with Gasteiger partial charge in [0.15, 0.2) is 0 Å². The molecule has 0 rings (SSSR count). The standard InChI is InChI=1S/C9H18O2Si/c1-4-7-9(8-5-2)11-12-10-6-3/h4-5,9H,1-2,6-8,12H2,3H3. The van der Waals surface area contributed by atoms with E-state index < -0.39 is 10.0 Å². The van der Waals surface area contributed by atoms with Crippen molar-refractivity contribution < 1.29 is 8.85 Å². The van der Waals surface area contributed by atoms with Crippen molar-refractivity contribution in [1.82, 2.24) is 0 Å². The highest BCUT2D eigenvalue weighted by Gasteiger charge is 2.03. The summed E-state index contributed by atoms with van der Waals surface area (Å²) in [4.78, 5) is 0. The van der Waals surface area contributed by atoms with E-state index in [2.05, 4.69) is 13.2 Å². The van der Waals surface area contributed by atoms with Crippen LogP contribution in [0.4, 0.5) is 0 Å². The predicted molar refractivity (Wildman–Crippen MR) is 54.7 cm³/mol. The van der Waals surface area contributed by atoms with Gasteiger partial charge in [0.1, 0.15) is 0 Å². The third kappa shape index (κ3) is 6.33. The van der Waals surface area contributed by atoms with Gasteiger partial charge in [0, 0.05) is 6.61 Å². The smallest absolute Gasteiger partial charge is 0.304 e. The first kappa shape index (κ1) is 11.6. The minimum Gasteiger partial charge on any atom is -0.399 e. The summed E-state index contributed by atoms with van der Waals surface area (Å²) in [6.45, 7) is 10.1. The molecule has 0 aliphatic carbocycles. The zero-order valence-electron chi connectivity index (χ0n) is 7.79. The predicted octanol–water partition coefficient (Wildman–Crippen LogP) is 1.56. The summed E-state index contributed by atoms with van der Waals surface area (Å²) in [5.41, 5.74) is 0. The number of rotatable bonds is 8. The van der Waals surface area contributed by atoms with Crippen LogP contribution in [0, 0.1) is 0 Å². The molecule has 0 atom stereocenters. The Kier molecular flexibility index (Phi) is 8.43. The van der Waals surface area contributed by atoms with Crippen molar-refractivity contribution in [3.8, 4) is 0 Å². The summed E-state index contributed by atoms with van der Waals surface area (Å²) in [7, 11) is -0.772. The lowest BCUT2D eigenvalue weighted by molar-refractivity contribution is 0.163. The lowest BCUT2D eigenvalue weighted by Crippen LogP contribution is -2.16. The third-order valence-corrected chi connectivity index (χ3v) is 2.63. The van der Waals surface area contributed by atoms with Gasteiger partial charge in [-0.2, -0.15) is 0 Å². The van der Waals surface area contributed by atoms with E-state index in [0.29, 0.717) is 0 Å². The number of hydrogen-bond acceptors (Lipinski definition) is 2. The first-order valence-corrected chi connectivity index (χ1v) is 5.41. The second kappa shape index (κ2) is 8.71. The van der Waals surface area contributed by atoms with E-state index in [1.807, 2.05) is 19.1 Å². The molecule has 0 spiro atoms. The van der Waals surface area contributed by atoms with E-state index in [1.54, 1.807) is 0 Å². The third-order valence-electron chi connectivity index (χ3n) is 1.45. The molecular weight excluding hydrogens is 168 g/mol. The van der Waals surface area contributed by atoms with E-state index in [1.165, 1.54) is 0 Å². The van der Waals surface area contributed by atoms with Gasteiger partial charge in [-0.15, -0.1) is 13.2 Å². The van der Waals surface area contributed by atoms with Gasteiger partial charge in [0.25, 0.3) is 0 Å². The highest BCUT2D eigenvalue weighted by Crippen LogP contribution is 2.04. The molecule has 3 heteroatoms. The summed E-state index contributed by atoms with van der Waals surface area (Å²) < 4.78 is 10.7. The van der Waals surface area contributed by atoms with Crippen LogP contribution in [0.25, 0.3) is 0 Å². The zero-order chi connectivity index (χ0) is 9.23. The molecule has 0 radical (unpaired) electrons. The summed E-state index contributed by atoms with van der Waals surface area (Å²) in [5.74, 6) is 0. The zero-order valence-corrected chi connectivity index (χ0v) is 9.21. The van der Waals surface area contributed by atoms with Crippen LogP contribution >= 0.6 is 0 Å². The summed E-state index contributed by atoms with van der Waals surface area (Å²) in [5, 5.41) is 0. The molecule has 0 aromatic heterocycles. The van der Waals surface area contributed by atoms with Crippen LogP contribution in [0.3, 0.4) is 0 Å². The maximum absolute atomic E-state index is 5.54. The summed E-state index contributed by atoms with van der Waals surface area (Å²) >= 11 is 0. The van der Waals surface area contributed by atoms with Gasteiger partial charge >= 0.3 is 10.0 Å². The minimum absolute atomic E-state index is 0.234. The van der Waals surface area contributed by atoms with Crippen molar-refractivity contribution in [2.75, 3.05) is 6.61 Å². The Hall–Kier alpha value is -0.383. The van der Waals surface area contributed by atoms with Gasteiger partial charge in [0.05, 0.1) is 6.10 Å². The Labute approximate surface area is 77.3 Å². The average molecular weight is 186 g/mol. The van der Waals surface area contributed by atoms with E-state index >= 15 is 0 Å². The van der Waals surface area contributed by atoms with Gasteiger partial charge in [-0.05, 0) is 19.8 Å². The molecule has 0 saturated carbocycles. The van der Waals surface area contributed by atoms with Crippen LogP contribution in [-0.2, 0) is 8.85 Å². The topological polar surface area (TPSA) is 18.5 Å². The molecule has 70 valence electrons. The van der Waals surface area contributed by atoms with Gasteiger partial charge in [-0.3, -0.25) is 0 Å². The van der Waals surface area contributed by atoms with Crippen molar-refractivity contribution in [3.05, 3.63) is 25.3 Å². The van der Waals surface area contributed by atoms with E-state index in [-0.39, 0.29) is 6.10 Å². The molecule has 0 fully saturated rings. The SMILES string of the molecule is C=CCC(CC=C)O[SiH2]OCC. The fourth-order valence-corrected chi connectivity index (χ4v) is 1.56. The van der Waals surface area contributed by atoms with Gasteiger partial charge in [-0.25, -0.2) is 0 Å². The minimum atomic E-state index is -0.772. The molecule has 0 aliphatic rings. The van der Waals surface area contributed by atoms with Crippen LogP contribution in [0.5, 0.6) is 0 Å². The molecule has 0 amide bonds. The molecule has 0 bridgehead atoms. The first-order chi connectivity index (χ1) is 5.85. The molecule has 0 saturated heterocycles. The average Bonchev–Trinajstić information content (AvgIpc) is 2.06. The van der Waals surface area contributed by atoms with Gasteiger partial charge in [-0.1, -0.05) is 12.2 Å². The monoisotopic (exact) mass is 186 g/mol. The molecule has 12 heavy (non-hydrogen) atoms. The van der Waals surface area contributed by atoms with Crippen molar-refractivity contribution >= 4 is 10.0 Å². The Bertz CT molecular complexity index is 116. The van der Waals surface area contributed by atoms with Gasteiger partial charge in [0.2, 0.25) is 0 Å². The highest BCUT2D eigenvalue weighted by molar-refractivity contribution is 6.18. The van der Waals surface area contributed by atoms with Crippen LogP contribution in [0.1, 0.15) is 19.8 Å².